The van der Waals surface area contributed by atoms with Gasteiger partial charge in [0.1, 0.15) is 0 Å². The lowest BCUT2D eigenvalue weighted by atomic mass is 9.97. The van der Waals surface area contributed by atoms with Gasteiger partial charge in [0.2, 0.25) is 15.9 Å². The van der Waals surface area contributed by atoms with E-state index in [-0.39, 0.29) is 17.6 Å². The second kappa shape index (κ2) is 8.12. The number of sulfonamides is 1. The Kier molecular flexibility index (Phi) is 6.40. The van der Waals surface area contributed by atoms with E-state index in [0.717, 1.165) is 23.2 Å². The molecule has 0 saturated carbocycles. The molecular formula is C18H28N2O3S. The van der Waals surface area contributed by atoms with Gasteiger partial charge in [-0.15, -0.1) is 0 Å². The lowest BCUT2D eigenvalue weighted by Crippen LogP contribution is -2.42. The molecule has 0 aliphatic carbocycles. The summed E-state index contributed by atoms with van der Waals surface area (Å²) in [5.74, 6) is 0.0832. The van der Waals surface area contributed by atoms with Gasteiger partial charge in [-0.1, -0.05) is 25.5 Å². The average molecular weight is 353 g/mol. The zero-order valence-electron chi connectivity index (χ0n) is 14.8. The van der Waals surface area contributed by atoms with E-state index >= 15 is 0 Å². The fourth-order valence-electron chi connectivity index (χ4n) is 2.96. The van der Waals surface area contributed by atoms with Gasteiger partial charge in [0.15, 0.2) is 0 Å². The number of benzene rings is 1. The number of piperidine rings is 1. The van der Waals surface area contributed by atoms with Crippen LogP contribution in [0, 0.1) is 19.8 Å². The molecule has 1 saturated heterocycles. The number of rotatable bonds is 6. The molecule has 0 aromatic heterocycles. The van der Waals surface area contributed by atoms with E-state index in [1.165, 1.54) is 0 Å². The Morgan fingerprint density at radius 3 is 2.54 bits per heavy atom. The van der Waals surface area contributed by atoms with Gasteiger partial charge in [0.05, 0.1) is 5.75 Å². The first-order valence-corrected chi connectivity index (χ1v) is 10.3. The van der Waals surface area contributed by atoms with Crippen molar-refractivity contribution in [2.24, 2.45) is 5.92 Å². The molecule has 1 N–H and O–H groups in total. The quantitative estimate of drug-likeness (QED) is 0.855. The second-order valence-electron chi connectivity index (χ2n) is 6.65. The van der Waals surface area contributed by atoms with Gasteiger partial charge < -0.3 is 5.32 Å². The molecule has 1 aromatic carbocycles. The molecule has 0 unspecified atom stereocenters. The Morgan fingerprint density at radius 2 is 1.92 bits per heavy atom. The van der Waals surface area contributed by atoms with Crippen LogP contribution in [0.1, 0.15) is 43.7 Å². The van der Waals surface area contributed by atoms with Crippen molar-refractivity contribution in [2.45, 2.75) is 46.5 Å². The van der Waals surface area contributed by atoms with Crippen LogP contribution in [0.3, 0.4) is 0 Å². The van der Waals surface area contributed by atoms with Gasteiger partial charge in [-0.2, -0.15) is 0 Å². The Morgan fingerprint density at radius 1 is 1.25 bits per heavy atom. The molecule has 134 valence electrons. The highest BCUT2D eigenvalue weighted by Crippen LogP contribution is 2.23. The Labute approximate surface area is 145 Å². The summed E-state index contributed by atoms with van der Waals surface area (Å²) in [4.78, 5) is 12.5. The first-order valence-electron chi connectivity index (χ1n) is 8.69. The number of hydrogen-bond donors (Lipinski definition) is 1. The summed E-state index contributed by atoms with van der Waals surface area (Å²) < 4.78 is 26.0. The Balaban J connectivity index is 1.92. The van der Waals surface area contributed by atoms with Crippen molar-refractivity contribution in [3.63, 3.8) is 0 Å². The minimum atomic E-state index is -3.16. The maximum absolute atomic E-state index is 12.5. The van der Waals surface area contributed by atoms with Crippen LogP contribution >= 0.6 is 0 Å². The van der Waals surface area contributed by atoms with E-state index in [1.54, 1.807) is 4.31 Å². The molecule has 5 nitrogen and oxygen atoms in total. The third-order valence-corrected chi connectivity index (χ3v) is 6.58. The van der Waals surface area contributed by atoms with E-state index in [9.17, 15) is 13.2 Å². The van der Waals surface area contributed by atoms with Crippen LogP contribution < -0.4 is 5.32 Å². The summed E-state index contributed by atoms with van der Waals surface area (Å²) in [6.07, 6.45) is 2.73. The molecule has 0 atom stereocenters. The van der Waals surface area contributed by atoms with Gasteiger partial charge in [-0.05, 0) is 50.3 Å². The van der Waals surface area contributed by atoms with Crippen LogP contribution in [0.15, 0.2) is 18.2 Å². The molecule has 1 aliphatic rings. The van der Waals surface area contributed by atoms with E-state index in [4.69, 9.17) is 0 Å². The van der Waals surface area contributed by atoms with E-state index < -0.39 is 10.0 Å². The highest BCUT2D eigenvalue weighted by Gasteiger charge is 2.30. The predicted molar refractivity (Wildman–Crippen MR) is 97.5 cm³/mol. The smallest absolute Gasteiger partial charge is 0.227 e. The van der Waals surface area contributed by atoms with Gasteiger partial charge in [0.25, 0.3) is 0 Å². The molecule has 1 aromatic rings. The minimum Gasteiger partial charge on any atom is -0.326 e. The molecule has 1 heterocycles. The number of nitrogens with zero attached hydrogens (tertiary/aromatic N) is 1. The van der Waals surface area contributed by atoms with Crippen LogP contribution in [0.5, 0.6) is 0 Å². The van der Waals surface area contributed by atoms with Gasteiger partial charge >= 0.3 is 0 Å². The molecule has 1 fully saturated rings. The highest BCUT2D eigenvalue weighted by atomic mass is 32.2. The fraction of sp³-hybridized carbons (Fsp3) is 0.611. The molecule has 0 radical (unpaired) electrons. The summed E-state index contributed by atoms with van der Waals surface area (Å²) in [6, 6.07) is 5.98. The minimum absolute atomic E-state index is 0.00527. The first-order chi connectivity index (χ1) is 11.3. The van der Waals surface area contributed by atoms with Crippen LogP contribution in [0.4, 0.5) is 5.69 Å². The SMILES string of the molecule is CCCCS(=O)(=O)N1CCC(C(=O)Nc2cc(C)ccc2C)CC1. The van der Waals surface area contributed by atoms with Crippen molar-refractivity contribution in [1.29, 1.82) is 0 Å². The highest BCUT2D eigenvalue weighted by molar-refractivity contribution is 7.89. The van der Waals surface area contributed by atoms with E-state index in [1.807, 2.05) is 39.0 Å². The Bertz CT molecular complexity index is 678. The molecule has 24 heavy (non-hydrogen) atoms. The second-order valence-corrected chi connectivity index (χ2v) is 8.74. The van der Waals surface area contributed by atoms with E-state index in [2.05, 4.69) is 5.32 Å². The number of nitrogens with one attached hydrogen (secondary N) is 1. The number of amides is 1. The van der Waals surface area contributed by atoms with Gasteiger partial charge in [-0.3, -0.25) is 4.79 Å². The van der Waals surface area contributed by atoms with Crippen LogP contribution in [-0.4, -0.2) is 37.5 Å². The standard InChI is InChI=1S/C18H28N2O3S/c1-4-5-12-24(22,23)20-10-8-16(9-11-20)18(21)19-17-13-14(2)6-7-15(17)3/h6-7,13,16H,4-5,8-12H2,1-3H3,(H,19,21). The molecule has 1 amide bonds. The normalized spacial score (nSPS) is 17.0. The topological polar surface area (TPSA) is 66.5 Å². The number of hydrogen-bond acceptors (Lipinski definition) is 3. The lowest BCUT2D eigenvalue weighted by molar-refractivity contribution is -0.120. The monoisotopic (exact) mass is 352 g/mol. The lowest BCUT2D eigenvalue weighted by Gasteiger charge is -2.30. The third kappa shape index (κ3) is 4.80. The molecule has 1 aliphatic heterocycles. The summed E-state index contributed by atoms with van der Waals surface area (Å²) in [7, 11) is -3.16. The molecule has 6 heteroatoms. The number of carbonyl (C=O) groups excluding carboxylic acids is 1. The average Bonchev–Trinajstić information content (AvgIpc) is 2.56. The fourth-order valence-corrected chi connectivity index (χ4v) is 4.64. The zero-order valence-corrected chi connectivity index (χ0v) is 15.7. The number of aryl methyl sites for hydroxylation is 2. The van der Waals surface area contributed by atoms with Crippen LogP contribution in [0.2, 0.25) is 0 Å². The van der Waals surface area contributed by atoms with Crippen molar-refractivity contribution in [2.75, 3.05) is 24.2 Å². The Hall–Kier alpha value is -1.40. The van der Waals surface area contributed by atoms with Gasteiger partial charge in [-0.25, -0.2) is 12.7 Å². The summed E-state index contributed by atoms with van der Waals surface area (Å²) in [5, 5.41) is 3.00. The summed E-state index contributed by atoms with van der Waals surface area (Å²) in [5.41, 5.74) is 2.99. The predicted octanol–water partition coefficient (Wildman–Crippen LogP) is 3.08. The number of anilines is 1. The van der Waals surface area contributed by atoms with E-state index in [0.29, 0.717) is 32.4 Å². The largest absolute Gasteiger partial charge is 0.326 e. The van der Waals surface area contributed by atoms with Crippen LogP contribution in [0.25, 0.3) is 0 Å². The third-order valence-electron chi connectivity index (χ3n) is 4.62. The molecular weight excluding hydrogens is 324 g/mol. The zero-order chi connectivity index (χ0) is 17.7. The molecule has 2 rings (SSSR count). The summed E-state index contributed by atoms with van der Waals surface area (Å²) >= 11 is 0. The first kappa shape index (κ1) is 18.9. The number of carbonyl (C=O) groups is 1. The van der Waals surface area contributed by atoms with Crippen molar-refractivity contribution in [3.8, 4) is 0 Å². The number of unbranched alkanes of at least 4 members (excludes halogenated alkanes) is 1. The molecule has 0 spiro atoms. The van der Waals surface area contributed by atoms with Crippen molar-refractivity contribution < 1.29 is 13.2 Å². The summed E-state index contributed by atoms with van der Waals surface area (Å²) in [6.45, 7) is 6.83. The molecule has 0 bridgehead atoms. The van der Waals surface area contributed by atoms with Crippen LogP contribution in [-0.2, 0) is 14.8 Å². The van der Waals surface area contributed by atoms with Crippen molar-refractivity contribution in [3.05, 3.63) is 29.3 Å². The van der Waals surface area contributed by atoms with Gasteiger partial charge in [0, 0.05) is 24.7 Å². The van der Waals surface area contributed by atoms with Crippen molar-refractivity contribution in [1.82, 2.24) is 4.31 Å². The maximum Gasteiger partial charge on any atom is 0.227 e. The maximum atomic E-state index is 12.5. The van der Waals surface area contributed by atoms with Crippen molar-refractivity contribution >= 4 is 21.6 Å².